The summed E-state index contributed by atoms with van der Waals surface area (Å²) in [7, 11) is 0. The number of allylic oxidation sites excluding steroid dienone is 1. The molecule has 0 aliphatic carbocycles. The number of rotatable bonds is 6. The second kappa shape index (κ2) is 12.0. The van der Waals surface area contributed by atoms with Gasteiger partial charge in [-0.1, -0.05) is 158 Å². The summed E-state index contributed by atoms with van der Waals surface area (Å²) in [6, 6.07) is 57.2. The Hall–Kier alpha value is -5.79. The summed E-state index contributed by atoms with van der Waals surface area (Å²) in [4.78, 5) is 4.86. The van der Waals surface area contributed by atoms with Gasteiger partial charge in [-0.3, -0.25) is 4.99 Å². The standard InChI is InChI=1S/C45H33N/c1-2-46-43(29-26-31-14-4-3-5-15-31)37-24-12-23-36-35(37)22-13-25-38(36)45-41-20-10-8-18-39(41)44(40-19-9-11-21-42(40)45)34-28-27-32-16-6-7-17-33(32)30-34/h2-25,27-30H,26H2,1H3/b43-29-,46-2?. The van der Waals surface area contributed by atoms with Crippen molar-refractivity contribution in [1.82, 2.24) is 0 Å². The lowest BCUT2D eigenvalue weighted by molar-refractivity contribution is 1.26. The number of hydrogen-bond donors (Lipinski definition) is 0. The Morgan fingerprint density at radius 1 is 0.500 bits per heavy atom. The van der Waals surface area contributed by atoms with E-state index in [-0.39, 0.29) is 0 Å². The van der Waals surface area contributed by atoms with Gasteiger partial charge in [0.2, 0.25) is 0 Å². The molecule has 1 heteroatoms. The molecular formula is C45H33N. The zero-order valence-electron chi connectivity index (χ0n) is 25.8. The van der Waals surface area contributed by atoms with E-state index < -0.39 is 0 Å². The van der Waals surface area contributed by atoms with E-state index in [4.69, 9.17) is 4.99 Å². The predicted molar refractivity (Wildman–Crippen MR) is 200 cm³/mol. The molecule has 0 unspecified atom stereocenters. The lowest BCUT2D eigenvalue weighted by Crippen LogP contribution is -1.93. The Balaban J connectivity index is 1.38. The minimum atomic E-state index is 0.828. The van der Waals surface area contributed by atoms with Crippen LogP contribution < -0.4 is 0 Å². The van der Waals surface area contributed by atoms with Crippen molar-refractivity contribution in [2.75, 3.05) is 0 Å². The first-order valence-electron chi connectivity index (χ1n) is 16.0. The van der Waals surface area contributed by atoms with Gasteiger partial charge in [-0.25, -0.2) is 0 Å². The number of fused-ring (bicyclic) bond motifs is 4. The maximum atomic E-state index is 4.86. The van der Waals surface area contributed by atoms with E-state index in [9.17, 15) is 0 Å². The van der Waals surface area contributed by atoms with Crippen LogP contribution in [0.4, 0.5) is 0 Å². The average Bonchev–Trinajstić information content (AvgIpc) is 3.12. The van der Waals surface area contributed by atoms with Crippen LogP contribution in [-0.2, 0) is 6.42 Å². The topological polar surface area (TPSA) is 12.4 Å². The fourth-order valence-electron chi connectivity index (χ4n) is 7.03. The van der Waals surface area contributed by atoms with E-state index in [1.807, 2.05) is 13.1 Å². The molecular weight excluding hydrogens is 555 g/mol. The molecule has 0 aromatic heterocycles. The lowest BCUT2D eigenvalue weighted by atomic mass is 9.84. The normalized spacial score (nSPS) is 12.2. The molecule has 0 heterocycles. The minimum Gasteiger partial charge on any atom is -0.261 e. The predicted octanol–water partition coefficient (Wildman–Crippen LogP) is 12.3. The van der Waals surface area contributed by atoms with Gasteiger partial charge in [-0.05, 0) is 90.3 Å². The largest absolute Gasteiger partial charge is 0.261 e. The smallest absolute Gasteiger partial charge is 0.0667 e. The number of aliphatic imine (C=N–C) groups is 1. The summed E-state index contributed by atoms with van der Waals surface area (Å²) in [6.45, 7) is 1.99. The highest BCUT2D eigenvalue weighted by Gasteiger charge is 2.19. The van der Waals surface area contributed by atoms with Crippen LogP contribution in [-0.4, -0.2) is 6.21 Å². The Labute approximate surface area is 269 Å². The van der Waals surface area contributed by atoms with E-state index in [0.717, 1.165) is 17.7 Å². The molecule has 0 N–H and O–H groups in total. The fourth-order valence-corrected chi connectivity index (χ4v) is 7.03. The second-order valence-electron chi connectivity index (χ2n) is 11.8. The van der Waals surface area contributed by atoms with Crippen LogP contribution in [0.25, 0.3) is 71.0 Å². The molecule has 0 atom stereocenters. The van der Waals surface area contributed by atoms with Crippen molar-refractivity contribution in [2.45, 2.75) is 13.3 Å². The molecule has 0 bridgehead atoms. The van der Waals surface area contributed by atoms with E-state index >= 15 is 0 Å². The number of hydrogen-bond acceptors (Lipinski definition) is 1. The molecule has 1 nitrogen and oxygen atoms in total. The molecule has 8 aromatic carbocycles. The molecule has 0 spiro atoms. The van der Waals surface area contributed by atoms with Crippen LogP contribution in [0.3, 0.4) is 0 Å². The maximum Gasteiger partial charge on any atom is 0.0667 e. The van der Waals surface area contributed by atoms with Gasteiger partial charge in [-0.15, -0.1) is 0 Å². The van der Waals surface area contributed by atoms with Gasteiger partial charge < -0.3 is 0 Å². The third-order valence-corrected chi connectivity index (χ3v) is 9.08. The summed E-state index contributed by atoms with van der Waals surface area (Å²) >= 11 is 0. The summed E-state index contributed by atoms with van der Waals surface area (Å²) in [5.41, 5.74) is 8.45. The number of nitrogens with zero attached hydrogens (tertiary/aromatic N) is 1. The van der Waals surface area contributed by atoms with Crippen molar-refractivity contribution in [3.8, 4) is 22.3 Å². The van der Waals surface area contributed by atoms with Crippen LogP contribution in [0, 0.1) is 0 Å². The monoisotopic (exact) mass is 587 g/mol. The van der Waals surface area contributed by atoms with E-state index in [2.05, 4.69) is 164 Å². The van der Waals surface area contributed by atoms with E-state index in [1.165, 1.54) is 70.9 Å². The van der Waals surface area contributed by atoms with Crippen LogP contribution in [0.1, 0.15) is 18.1 Å². The minimum absolute atomic E-state index is 0.828. The van der Waals surface area contributed by atoms with Crippen molar-refractivity contribution in [2.24, 2.45) is 4.99 Å². The first kappa shape index (κ1) is 27.7. The highest BCUT2D eigenvalue weighted by molar-refractivity contribution is 6.24. The SMILES string of the molecule is CC=N/C(=C\Cc1ccccc1)c1cccc2c(-c3c4ccccc4c(-c4ccc5ccccc5c4)c4ccccc34)cccc12. The first-order valence-corrected chi connectivity index (χ1v) is 16.0. The van der Waals surface area contributed by atoms with E-state index in [1.54, 1.807) is 0 Å². The van der Waals surface area contributed by atoms with Crippen molar-refractivity contribution in [3.63, 3.8) is 0 Å². The summed E-state index contributed by atoms with van der Waals surface area (Å²) in [6.07, 6.45) is 4.97. The lowest BCUT2D eigenvalue weighted by Gasteiger charge is -2.19. The van der Waals surface area contributed by atoms with Crippen molar-refractivity contribution in [3.05, 3.63) is 175 Å². The van der Waals surface area contributed by atoms with Crippen LogP contribution >= 0.6 is 0 Å². The third-order valence-electron chi connectivity index (χ3n) is 9.08. The average molecular weight is 588 g/mol. The molecule has 0 fully saturated rings. The molecule has 0 saturated carbocycles. The van der Waals surface area contributed by atoms with Gasteiger partial charge >= 0.3 is 0 Å². The molecule has 0 amide bonds. The molecule has 0 aliphatic heterocycles. The fraction of sp³-hybridized carbons (Fsp3) is 0.0444. The maximum absolute atomic E-state index is 4.86. The Bertz CT molecular complexity index is 2390. The van der Waals surface area contributed by atoms with Crippen molar-refractivity contribution >= 4 is 55.0 Å². The molecule has 46 heavy (non-hydrogen) atoms. The third kappa shape index (κ3) is 4.87. The second-order valence-corrected chi connectivity index (χ2v) is 11.8. The Kier molecular flexibility index (Phi) is 7.21. The molecule has 8 rings (SSSR count). The summed E-state index contributed by atoms with van der Waals surface area (Å²) < 4.78 is 0. The highest BCUT2D eigenvalue weighted by Crippen LogP contribution is 2.46. The van der Waals surface area contributed by atoms with Gasteiger partial charge in [0.25, 0.3) is 0 Å². The van der Waals surface area contributed by atoms with Crippen molar-refractivity contribution < 1.29 is 0 Å². The summed E-state index contributed by atoms with van der Waals surface area (Å²) in [5.74, 6) is 0. The van der Waals surface area contributed by atoms with Gasteiger partial charge in [0.15, 0.2) is 0 Å². The van der Waals surface area contributed by atoms with Crippen molar-refractivity contribution in [1.29, 1.82) is 0 Å². The molecule has 8 aromatic rings. The Morgan fingerprint density at radius 2 is 1.09 bits per heavy atom. The van der Waals surface area contributed by atoms with Gasteiger partial charge in [0.1, 0.15) is 0 Å². The number of benzene rings is 8. The van der Waals surface area contributed by atoms with Gasteiger partial charge in [0, 0.05) is 11.8 Å². The van der Waals surface area contributed by atoms with E-state index in [0.29, 0.717) is 0 Å². The first-order chi connectivity index (χ1) is 22.8. The zero-order valence-corrected chi connectivity index (χ0v) is 25.8. The molecule has 0 aliphatic rings. The Morgan fingerprint density at radius 3 is 1.80 bits per heavy atom. The summed E-state index contributed by atoms with van der Waals surface area (Å²) in [5, 5.41) is 9.99. The van der Waals surface area contributed by atoms with Gasteiger partial charge in [-0.2, -0.15) is 0 Å². The van der Waals surface area contributed by atoms with Crippen LogP contribution in [0.5, 0.6) is 0 Å². The van der Waals surface area contributed by atoms with Crippen LogP contribution in [0.2, 0.25) is 0 Å². The van der Waals surface area contributed by atoms with Crippen LogP contribution in [0.15, 0.2) is 169 Å². The zero-order chi connectivity index (χ0) is 30.9. The molecule has 218 valence electrons. The molecule has 0 saturated heterocycles. The van der Waals surface area contributed by atoms with Gasteiger partial charge in [0.05, 0.1) is 5.70 Å². The quantitative estimate of drug-likeness (QED) is 0.136. The molecule has 0 radical (unpaired) electrons. The highest BCUT2D eigenvalue weighted by atomic mass is 14.7.